The van der Waals surface area contributed by atoms with Crippen molar-refractivity contribution in [1.82, 2.24) is 0 Å². The number of hydrogen-bond donors (Lipinski definition) is 2. The van der Waals surface area contributed by atoms with Crippen LogP contribution in [0.5, 0.6) is 0 Å². The molecule has 1 saturated carbocycles. The quantitative estimate of drug-likeness (QED) is 0.263. The van der Waals surface area contributed by atoms with E-state index in [9.17, 15) is 4.79 Å². The number of benzene rings is 2. The van der Waals surface area contributed by atoms with E-state index in [0.717, 1.165) is 56.1 Å². The van der Waals surface area contributed by atoms with Crippen LogP contribution in [-0.4, -0.2) is 22.8 Å². The van der Waals surface area contributed by atoms with Gasteiger partial charge in [-0.25, -0.2) is 4.89 Å². The largest absolute Gasteiger partial charge is 0.396 e. The molecule has 3 rings (SSSR count). The Balaban J connectivity index is 0.000000200. The van der Waals surface area contributed by atoms with E-state index in [-0.39, 0.29) is 12.4 Å². The predicted molar refractivity (Wildman–Crippen MR) is 111 cm³/mol. The van der Waals surface area contributed by atoms with Gasteiger partial charge in [0.25, 0.3) is 0 Å². The first-order valence-corrected chi connectivity index (χ1v) is 10.3. The standard InChI is InChI=1S/2C12H16O2/c13-14-12(9-5-2-6-10-12)11-7-3-1-4-8-11;13-10-6-2-5-9-12(14)11-7-3-1-4-8-11/h2*1,3-4,7-8,13H,2,5-6,9-10H2. The highest BCUT2D eigenvalue weighted by Gasteiger charge is 2.35. The molecule has 4 nitrogen and oxygen atoms in total. The Bertz CT molecular complexity index is 664. The molecule has 0 amide bonds. The molecule has 0 atom stereocenters. The molecule has 0 aliphatic heterocycles. The predicted octanol–water partition coefficient (Wildman–Crippen LogP) is 5.76. The van der Waals surface area contributed by atoms with Crippen molar-refractivity contribution in [1.29, 1.82) is 0 Å². The lowest BCUT2D eigenvalue weighted by molar-refractivity contribution is -0.337. The van der Waals surface area contributed by atoms with Crippen LogP contribution >= 0.6 is 0 Å². The van der Waals surface area contributed by atoms with E-state index < -0.39 is 5.60 Å². The third kappa shape index (κ3) is 6.86. The van der Waals surface area contributed by atoms with Crippen LogP contribution in [0.25, 0.3) is 0 Å². The minimum absolute atomic E-state index is 0.198. The highest BCUT2D eigenvalue weighted by atomic mass is 17.1. The average Bonchev–Trinajstić information content (AvgIpc) is 2.78. The molecule has 0 aromatic heterocycles. The zero-order valence-electron chi connectivity index (χ0n) is 16.6. The summed E-state index contributed by atoms with van der Waals surface area (Å²) in [6, 6.07) is 19.4. The number of carbonyl (C=O) groups excluding carboxylic acids is 1. The Morgan fingerprint density at radius 3 is 2.04 bits per heavy atom. The Labute approximate surface area is 168 Å². The van der Waals surface area contributed by atoms with Gasteiger partial charge in [0.1, 0.15) is 5.60 Å². The number of ketones is 1. The number of aliphatic hydroxyl groups is 1. The van der Waals surface area contributed by atoms with Gasteiger partial charge in [-0.3, -0.25) is 10.1 Å². The molecule has 0 spiro atoms. The summed E-state index contributed by atoms with van der Waals surface area (Å²) < 4.78 is 0. The van der Waals surface area contributed by atoms with Gasteiger partial charge in [0, 0.05) is 18.6 Å². The fraction of sp³-hybridized carbons (Fsp3) is 0.458. The highest BCUT2D eigenvalue weighted by molar-refractivity contribution is 5.95. The molecular weight excluding hydrogens is 352 g/mol. The first-order valence-electron chi connectivity index (χ1n) is 10.3. The van der Waals surface area contributed by atoms with Gasteiger partial charge in [-0.05, 0) is 31.2 Å². The van der Waals surface area contributed by atoms with Crippen LogP contribution in [0, 0.1) is 0 Å². The fourth-order valence-corrected chi connectivity index (χ4v) is 3.64. The molecular formula is C24H32O4. The van der Waals surface area contributed by atoms with Crippen molar-refractivity contribution in [3.05, 3.63) is 71.8 Å². The molecule has 2 N–H and O–H groups in total. The highest BCUT2D eigenvalue weighted by Crippen LogP contribution is 2.39. The summed E-state index contributed by atoms with van der Waals surface area (Å²) in [5, 5.41) is 17.7. The third-order valence-corrected chi connectivity index (χ3v) is 5.29. The lowest BCUT2D eigenvalue weighted by Gasteiger charge is -2.34. The molecule has 0 unspecified atom stereocenters. The number of aliphatic hydroxyl groups excluding tert-OH is 1. The van der Waals surface area contributed by atoms with Gasteiger partial charge in [-0.1, -0.05) is 86.3 Å². The van der Waals surface area contributed by atoms with Crippen molar-refractivity contribution in [3.63, 3.8) is 0 Å². The first-order chi connectivity index (χ1) is 13.7. The van der Waals surface area contributed by atoms with Crippen molar-refractivity contribution in [3.8, 4) is 0 Å². The monoisotopic (exact) mass is 384 g/mol. The summed E-state index contributed by atoms with van der Waals surface area (Å²) in [5.41, 5.74) is 1.46. The van der Waals surface area contributed by atoms with Gasteiger partial charge in [0.15, 0.2) is 5.78 Å². The molecule has 0 saturated heterocycles. The van der Waals surface area contributed by atoms with E-state index in [1.807, 2.05) is 60.7 Å². The smallest absolute Gasteiger partial charge is 0.162 e. The molecule has 28 heavy (non-hydrogen) atoms. The van der Waals surface area contributed by atoms with E-state index >= 15 is 0 Å². The molecule has 0 heterocycles. The number of hydrogen-bond acceptors (Lipinski definition) is 4. The molecule has 2 aromatic carbocycles. The Morgan fingerprint density at radius 2 is 1.46 bits per heavy atom. The van der Waals surface area contributed by atoms with Crippen LogP contribution in [0.15, 0.2) is 60.7 Å². The maximum absolute atomic E-state index is 11.5. The molecule has 1 aliphatic carbocycles. The van der Waals surface area contributed by atoms with Gasteiger partial charge < -0.3 is 5.11 Å². The second-order valence-corrected chi connectivity index (χ2v) is 7.34. The lowest BCUT2D eigenvalue weighted by atomic mass is 9.80. The number of Topliss-reactive ketones (excluding diaryl/α,β-unsaturated/α-hetero) is 1. The zero-order valence-corrected chi connectivity index (χ0v) is 16.6. The lowest BCUT2D eigenvalue weighted by Crippen LogP contribution is -2.31. The van der Waals surface area contributed by atoms with E-state index in [2.05, 4.69) is 0 Å². The maximum Gasteiger partial charge on any atom is 0.162 e. The topological polar surface area (TPSA) is 66.8 Å². The van der Waals surface area contributed by atoms with Crippen molar-refractivity contribution < 1.29 is 20.0 Å². The molecule has 0 bridgehead atoms. The van der Waals surface area contributed by atoms with Crippen LogP contribution in [0.1, 0.15) is 73.7 Å². The van der Waals surface area contributed by atoms with Crippen LogP contribution in [0.4, 0.5) is 0 Å². The normalized spacial score (nSPS) is 15.4. The summed E-state index contributed by atoms with van der Waals surface area (Å²) in [4.78, 5) is 16.3. The summed E-state index contributed by atoms with van der Waals surface area (Å²) in [6.45, 7) is 0.222. The van der Waals surface area contributed by atoms with E-state index in [1.165, 1.54) is 6.42 Å². The Morgan fingerprint density at radius 1 is 0.857 bits per heavy atom. The van der Waals surface area contributed by atoms with E-state index in [0.29, 0.717) is 6.42 Å². The molecule has 1 aliphatic rings. The van der Waals surface area contributed by atoms with Gasteiger partial charge in [0.2, 0.25) is 0 Å². The van der Waals surface area contributed by atoms with Gasteiger partial charge in [-0.2, -0.15) is 0 Å². The van der Waals surface area contributed by atoms with Crippen LogP contribution in [0.3, 0.4) is 0 Å². The van der Waals surface area contributed by atoms with Crippen LogP contribution < -0.4 is 0 Å². The molecule has 1 fully saturated rings. The summed E-state index contributed by atoms with van der Waals surface area (Å²) in [7, 11) is 0. The van der Waals surface area contributed by atoms with Gasteiger partial charge in [0.05, 0.1) is 0 Å². The molecule has 0 radical (unpaired) electrons. The number of unbranched alkanes of at least 4 members (excludes halogenated alkanes) is 2. The fourth-order valence-electron chi connectivity index (χ4n) is 3.64. The van der Waals surface area contributed by atoms with Crippen LogP contribution in [-0.2, 0) is 10.5 Å². The Kier molecular flexibility index (Phi) is 9.91. The summed E-state index contributed by atoms with van der Waals surface area (Å²) in [6.07, 6.45) is 8.54. The van der Waals surface area contributed by atoms with Crippen molar-refractivity contribution in [2.75, 3.05) is 6.61 Å². The first kappa shape index (κ1) is 22.3. The minimum atomic E-state index is -0.431. The SMILES string of the molecule is O=C(CCCCCO)c1ccccc1.OOC1(c2ccccc2)CCCCC1. The summed E-state index contributed by atoms with van der Waals surface area (Å²) in [5.74, 6) is 0.198. The Hall–Kier alpha value is -2.01. The van der Waals surface area contributed by atoms with Crippen molar-refractivity contribution in [2.45, 2.75) is 63.4 Å². The number of rotatable bonds is 8. The third-order valence-electron chi connectivity index (χ3n) is 5.29. The van der Waals surface area contributed by atoms with Gasteiger partial charge in [-0.15, -0.1) is 0 Å². The van der Waals surface area contributed by atoms with Crippen LogP contribution in [0.2, 0.25) is 0 Å². The molecule has 2 aromatic rings. The minimum Gasteiger partial charge on any atom is -0.396 e. The van der Waals surface area contributed by atoms with E-state index in [4.69, 9.17) is 15.3 Å². The zero-order chi connectivity index (χ0) is 20.1. The maximum atomic E-state index is 11.5. The van der Waals surface area contributed by atoms with Gasteiger partial charge >= 0.3 is 0 Å². The second-order valence-electron chi connectivity index (χ2n) is 7.34. The van der Waals surface area contributed by atoms with Crippen molar-refractivity contribution >= 4 is 5.78 Å². The van der Waals surface area contributed by atoms with Crippen molar-refractivity contribution in [2.24, 2.45) is 0 Å². The molecule has 4 heteroatoms. The number of carbonyl (C=O) groups is 1. The second kappa shape index (κ2) is 12.4. The van der Waals surface area contributed by atoms with E-state index in [1.54, 1.807) is 0 Å². The average molecular weight is 385 g/mol. The molecule has 152 valence electrons. The summed E-state index contributed by atoms with van der Waals surface area (Å²) >= 11 is 0.